The molecule has 0 aliphatic rings. The van der Waals surface area contributed by atoms with Crippen LogP contribution in [0, 0.1) is 0 Å². The zero-order chi connectivity index (χ0) is 52.2. The molecule has 3 atom stereocenters. The lowest BCUT2D eigenvalue weighted by molar-refractivity contribution is -0.870. The number of nitrogens with one attached hydrogen (secondary N) is 1. The maximum absolute atomic E-state index is 13.5. The van der Waals surface area contributed by atoms with E-state index < -0.39 is 32.5 Å². The van der Waals surface area contributed by atoms with Crippen LogP contribution in [-0.4, -0.2) is 69.4 Å². The van der Waals surface area contributed by atoms with Gasteiger partial charge in [0.15, 0.2) is 0 Å². The molecule has 0 fully saturated rings. The predicted molar refractivity (Wildman–Crippen MR) is 302 cm³/mol. The Kier molecular flexibility index (Phi) is 50.0. The summed E-state index contributed by atoms with van der Waals surface area (Å²) in [6.45, 7) is 6.80. The highest BCUT2D eigenvalue weighted by molar-refractivity contribution is 7.45. The van der Waals surface area contributed by atoms with Gasteiger partial charge in [0.1, 0.15) is 19.3 Å². The van der Waals surface area contributed by atoms with Crippen molar-refractivity contribution < 1.29 is 37.3 Å². The summed E-state index contributed by atoms with van der Waals surface area (Å²) in [6.07, 6.45) is 62.4. The van der Waals surface area contributed by atoms with Crippen LogP contribution in [0.25, 0.3) is 0 Å². The van der Waals surface area contributed by atoms with Crippen molar-refractivity contribution in [2.45, 2.75) is 290 Å². The Morgan fingerprint density at radius 3 is 1.31 bits per heavy atom. The summed E-state index contributed by atoms with van der Waals surface area (Å²) < 4.78 is 30.2. The van der Waals surface area contributed by atoms with E-state index in [1.54, 1.807) is 0 Å². The first-order chi connectivity index (χ1) is 34.4. The van der Waals surface area contributed by atoms with Crippen LogP contribution >= 0.6 is 7.82 Å². The molecule has 0 aromatic heterocycles. The number of carbonyl (C=O) groups is 2. The van der Waals surface area contributed by atoms with E-state index in [0.717, 1.165) is 51.4 Å². The van der Waals surface area contributed by atoms with E-state index in [1.807, 2.05) is 39.4 Å². The fourth-order valence-electron chi connectivity index (χ4n) is 8.57. The third kappa shape index (κ3) is 52.6. The molecule has 9 nitrogen and oxygen atoms in total. The van der Waals surface area contributed by atoms with E-state index in [-0.39, 0.29) is 18.9 Å². The number of phosphoric ester groups is 1. The van der Waals surface area contributed by atoms with Crippen LogP contribution in [-0.2, 0) is 27.9 Å². The number of quaternary nitrogens is 1. The summed E-state index contributed by atoms with van der Waals surface area (Å²) in [6, 6.07) is -0.909. The van der Waals surface area contributed by atoms with Gasteiger partial charge < -0.3 is 28.5 Å². The van der Waals surface area contributed by atoms with Gasteiger partial charge >= 0.3 is 5.97 Å². The SMILES string of the molecule is CCCCCCCC/C=C\C/C=C/CCC(=O)OC(/C=C\CCCCCCCCCCC)C(COP(=O)([O-])OCC[N+](C)(C)C)NC(=O)CCCCCCCCCCCCC/C=C/CCCCCCCC. The van der Waals surface area contributed by atoms with Crippen LogP contribution in [0.15, 0.2) is 48.6 Å². The van der Waals surface area contributed by atoms with Gasteiger partial charge in [-0.25, -0.2) is 0 Å². The van der Waals surface area contributed by atoms with Crippen LogP contribution in [0.4, 0.5) is 0 Å². The molecule has 0 aliphatic heterocycles. The molecule has 0 spiro atoms. The first-order valence-electron chi connectivity index (χ1n) is 29.9. The number of carbonyl (C=O) groups excluding carboxylic acids is 2. The second kappa shape index (κ2) is 51.5. The minimum atomic E-state index is -4.70. The van der Waals surface area contributed by atoms with Gasteiger partial charge in [-0.2, -0.15) is 0 Å². The number of allylic oxidation sites excluding steroid dienone is 7. The molecule has 0 heterocycles. The lowest BCUT2D eigenvalue weighted by Crippen LogP contribution is -2.47. The highest BCUT2D eigenvalue weighted by Crippen LogP contribution is 2.38. The van der Waals surface area contributed by atoms with E-state index in [0.29, 0.717) is 23.9 Å². The first-order valence-corrected chi connectivity index (χ1v) is 31.4. The molecule has 0 aromatic carbocycles. The summed E-state index contributed by atoms with van der Waals surface area (Å²) in [5.41, 5.74) is 0. The van der Waals surface area contributed by atoms with E-state index in [2.05, 4.69) is 56.5 Å². The van der Waals surface area contributed by atoms with E-state index in [9.17, 15) is 19.0 Å². The van der Waals surface area contributed by atoms with Crippen molar-refractivity contribution in [3.63, 3.8) is 0 Å². The van der Waals surface area contributed by atoms with Crippen molar-refractivity contribution >= 4 is 19.7 Å². The van der Waals surface area contributed by atoms with Crippen LogP contribution in [0.5, 0.6) is 0 Å². The third-order valence-corrected chi connectivity index (χ3v) is 14.2. The molecular formula is C61H115N2O7P. The number of ether oxygens (including phenoxy) is 1. The van der Waals surface area contributed by atoms with Crippen molar-refractivity contribution in [2.75, 3.05) is 40.9 Å². The molecule has 0 aromatic rings. The number of unbranched alkanes of at least 4 members (excludes halogenated alkanes) is 32. The average molecular weight is 1020 g/mol. The molecule has 0 rings (SSSR count). The number of hydrogen-bond donors (Lipinski definition) is 1. The van der Waals surface area contributed by atoms with E-state index >= 15 is 0 Å². The molecular weight excluding hydrogens is 904 g/mol. The number of phosphoric acid groups is 1. The highest BCUT2D eigenvalue weighted by atomic mass is 31.2. The smallest absolute Gasteiger partial charge is 0.306 e. The highest BCUT2D eigenvalue weighted by Gasteiger charge is 2.27. The van der Waals surface area contributed by atoms with Crippen LogP contribution in [0.3, 0.4) is 0 Å². The number of rotatable bonds is 54. The largest absolute Gasteiger partial charge is 0.756 e. The van der Waals surface area contributed by atoms with Gasteiger partial charge in [0.05, 0.1) is 33.8 Å². The molecule has 0 bridgehead atoms. The Bertz CT molecular complexity index is 1360. The van der Waals surface area contributed by atoms with E-state index in [1.165, 1.54) is 186 Å². The maximum Gasteiger partial charge on any atom is 0.306 e. The van der Waals surface area contributed by atoms with Crippen molar-refractivity contribution in [1.29, 1.82) is 0 Å². The van der Waals surface area contributed by atoms with Crippen molar-refractivity contribution in [3.8, 4) is 0 Å². The molecule has 0 radical (unpaired) electrons. The standard InChI is InChI=1S/C61H115N2O7P/c1-7-10-13-16-19-22-25-27-28-29-30-31-32-33-34-36-38-41-44-47-50-53-60(64)62-58(57-69-71(66,67)68-56-55-63(4,5)6)59(52-49-46-43-40-37-24-21-18-15-12-9-3)70-61(65)54-51-48-45-42-39-35-26-23-20-17-14-11-8-2/h27-28,35,39,45,48-49,52,58-59H,7-26,29-34,36-38,40-44,46-47,50-51,53-57H2,1-6H3,(H-,62,64,66,67)/b28-27+,39-35-,48-45+,52-49-. The van der Waals surface area contributed by atoms with Gasteiger partial charge in [-0.15, -0.1) is 0 Å². The van der Waals surface area contributed by atoms with Gasteiger partial charge in [0, 0.05) is 12.8 Å². The normalized spacial score (nSPS) is 14.1. The predicted octanol–water partition coefficient (Wildman–Crippen LogP) is 17.5. The summed E-state index contributed by atoms with van der Waals surface area (Å²) in [5.74, 6) is -0.615. The number of esters is 1. The van der Waals surface area contributed by atoms with Crippen molar-refractivity contribution in [1.82, 2.24) is 5.32 Å². The monoisotopic (exact) mass is 1020 g/mol. The van der Waals surface area contributed by atoms with E-state index in [4.69, 9.17) is 13.8 Å². The van der Waals surface area contributed by atoms with Gasteiger partial charge in [-0.05, 0) is 76.7 Å². The Morgan fingerprint density at radius 1 is 0.493 bits per heavy atom. The van der Waals surface area contributed by atoms with Crippen molar-refractivity contribution in [3.05, 3.63) is 48.6 Å². The summed E-state index contributed by atoms with van der Waals surface area (Å²) >= 11 is 0. The van der Waals surface area contributed by atoms with Gasteiger partial charge in [0.2, 0.25) is 5.91 Å². The Balaban J connectivity index is 5.24. The maximum atomic E-state index is 13.5. The molecule has 3 unspecified atom stereocenters. The Hall–Kier alpha value is -2.03. The minimum Gasteiger partial charge on any atom is -0.756 e. The minimum absolute atomic E-state index is 0.0295. The molecule has 416 valence electrons. The second-order valence-corrected chi connectivity index (χ2v) is 22.9. The Labute approximate surface area is 439 Å². The Morgan fingerprint density at radius 2 is 0.873 bits per heavy atom. The quantitative estimate of drug-likeness (QED) is 0.0212. The lowest BCUT2D eigenvalue weighted by Gasteiger charge is -2.30. The molecule has 0 saturated carbocycles. The molecule has 0 saturated heterocycles. The summed E-state index contributed by atoms with van der Waals surface area (Å²) in [5, 5.41) is 3.01. The average Bonchev–Trinajstić information content (AvgIpc) is 3.33. The van der Waals surface area contributed by atoms with Crippen LogP contribution in [0.1, 0.15) is 278 Å². The fourth-order valence-corrected chi connectivity index (χ4v) is 9.29. The van der Waals surface area contributed by atoms with Crippen LogP contribution < -0.4 is 10.2 Å². The lowest BCUT2D eigenvalue weighted by atomic mass is 10.0. The summed E-state index contributed by atoms with van der Waals surface area (Å²) in [7, 11) is 1.16. The molecule has 0 aliphatic carbocycles. The van der Waals surface area contributed by atoms with Gasteiger partial charge in [-0.1, -0.05) is 237 Å². The third-order valence-electron chi connectivity index (χ3n) is 13.2. The zero-order valence-corrected chi connectivity index (χ0v) is 48.3. The fraction of sp³-hybridized carbons (Fsp3) is 0.836. The molecule has 1 N–H and O–H groups in total. The van der Waals surface area contributed by atoms with Gasteiger partial charge in [-0.3, -0.25) is 14.2 Å². The first kappa shape index (κ1) is 69.0. The van der Waals surface area contributed by atoms with Crippen LogP contribution in [0.2, 0.25) is 0 Å². The summed E-state index contributed by atoms with van der Waals surface area (Å²) in [4.78, 5) is 39.8. The molecule has 10 heteroatoms. The molecule has 1 amide bonds. The topological polar surface area (TPSA) is 114 Å². The van der Waals surface area contributed by atoms with Crippen molar-refractivity contribution in [2.24, 2.45) is 0 Å². The second-order valence-electron chi connectivity index (χ2n) is 21.5. The zero-order valence-electron chi connectivity index (χ0n) is 47.4. The van der Waals surface area contributed by atoms with Gasteiger partial charge in [0.25, 0.3) is 7.82 Å². The number of likely N-dealkylation sites (N-methyl/N-ethyl adjacent to an activating group) is 1. The number of nitrogens with zero attached hydrogens (tertiary/aromatic N) is 1. The molecule has 71 heavy (non-hydrogen) atoms. The number of hydrogen-bond acceptors (Lipinski definition) is 7. The number of amides is 1.